The van der Waals surface area contributed by atoms with E-state index in [1.807, 2.05) is 18.0 Å². The monoisotopic (exact) mass is 280 g/mol. The molecule has 0 radical (unpaired) electrons. The first-order valence-corrected chi connectivity index (χ1v) is 6.32. The maximum atomic E-state index is 11.2. The first-order valence-electron chi connectivity index (χ1n) is 6.32. The predicted molar refractivity (Wildman–Crippen MR) is 77.7 cm³/mol. The Kier molecular flexibility index (Phi) is 5.92. The highest BCUT2D eigenvalue weighted by Crippen LogP contribution is 2.25. The molecule has 0 spiro atoms. The van der Waals surface area contributed by atoms with Crippen LogP contribution in [0.25, 0.3) is 0 Å². The summed E-state index contributed by atoms with van der Waals surface area (Å²) in [6.07, 6.45) is 0.406. The van der Waals surface area contributed by atoms with Gasteiger partial charge in [0.05, 0.1) is 4.92 Å². The lowest BCUT2D eigenvalue weighted by molar-refractivity contribution is -0.384. The molecule has 0 saturated carbocycles. The van der Waals surface area contributed by atoms with Crippen LogP contribution in [0.2, 0.25) is 0 Å². The number of carbonyl (C=O) groups excluding carboxylic acids is 1. The summed E-state index contributed by atoms with van der Waals surface area (Å²) in [7, 11) is 5.13. The topological polar surface area (TPSA) is 87.5 Å². The summed E-state index contributed by atoms with van der Waals surface area (Å²) in [4.78, 5) is 23.7. The Morgan fingerprint density at radius 1 is 1.40 bits per heavy atom. The fourth-order valence-corrected chi connectivity index (χ4v) is 1.85. The molecule has 0 saturated heterocycles. The van der Waals surface area contributed by atoms with E-state index in [1.165, 1.54) is 0 Å². The minimum absolute atomic E-state index is 0.0200. The lowest BCUT2D eigenvalue weighted by Gasteiger charge is -2.16. The van der Waals surface area contributed by atoms with Crippen LogP contribution >= 0.6 is 0 Å². The van der Waals surface area contributed by atoms with Crippen LogP contribution < -0.4 is 10.6 Å². The van der Waals surface area contributed by atoms with Gasteiger partial charge in [-0.15, -0.1) is 0 Å². The van der Waals surface area contributed by atoms with Crippen molar-refractivity contribution in [3.63, 3.8) is 0 Å². The van der Waals surface area contributed by atoms with Crippen molar-refractivity contribution in [2.45, 2.75) is 13.0 Å². The fourth-order valence-electron chi connectivity index (χ4n) is 1.85. The Balaban J connectivity index is 2.70. The molecule has 20 heavy (non-hydrogen) atoms. The molecule has 7 nitrogen and oxygen atoms in total. The second-order valence-electron chi connectivity index (χ2n) is 4.52. The van der Waals surface area contributed by atoms with E-state index in [1.54, 1.807) is 26.2 Å². The predicted octanol–water partition coefficient (Wildman–Crippen LogP) is 1.20. The van der Waals surface area contributed by atoms with Gasteiger partial charge in [-0.05, 0) is 18.7 Å². The number of nitro benzene ring substituents is 1. The van der Waals surface area contributed by atoms with E-state index in [9.17, 15) is 14.9 Å². The molecule has 0 aliphatic heterocycles. The van der Waals surface area contributed by atoms with Gasteiger partial charge in [-0.3, -0.25) is 14.9 Å². The summed E-state index contributed by atoms with van der Waals surface area (Å²) < 4.78 is 0. The van der Waals surface area contributed by atoms with Gasteiger partial charge in [-0.2, -0.15) is 0 Å². The van der Waals surface area contributed by atoms with Crippen LogP contribution in [-0.4, -0.2) is 43.4 Å². The van der Waals surface area contributed by atoms with Crippen LogP contribution in [0.5, 0.6) is 0 Å². The van der Waals surface area contributed by atoms with Crippen molar-refractivity contribution < 1.29 is 9.72 Å². The average molecular weight is 280 g/mol. The second-order valence-corrected chi connectivity index (χ2v) is 4.52. The Hall–Kier alpha value is -2.15. The number of rotatable bonds is 7. The molecule has 7 heteroatoms. The van der Waals surface area contributed by atoms with Crippen LogP contribution in [0.4, 0.5) is 11.4 Å². The number of nitrogens with zero attached hydrogens (tertiary/aromatic N) is 2. The normalized spacial score (nSPS) is 10.4. The van der Waals surface area contributed by atoms with Crippen LogP contribution in [0.3, 0.4) is 0 Å². The highest BCUT2D eigenvalue weighted by atomic mass is 16.6. The molecule has 2 N–H and O–H groups in total. The Morgan fingerprint density at radius 3 is 2.65 bits per heavy atom. The summed E-state index contributed by atoms with van der Waals surface area (Å²) >= 11 is 0. The number of carbonyl (C=O) groups is 1. The first kappa shape index (κ1) is 15.9. The summed E-state index contributed by atoms with van der Waals surface area (Å²) in [5.74, 6) is -0.0200. The molecule has 0 fully saturated rings. The van der Waals surface area contributed by atoms with Gasteiger partial charge in [0.1, 0.15) is 5.69 Å². The number of hydrogen-bond donors (Lipinski definition) is 2. The van der Waals surface area contributed by atoms with Gasteiger partial charge in [0.25, 0.3) is 5.69 Å². The molecule has 1 aromatic rings. The number of amides is 1. The zero-order valence-electron chi connectivity index (χ0n) is 12.0. The zero-order valence-corrected chi connectivity index (χ0v) is 12.0. The summed E-state index contributed by atoms with van der Waals surface area (Å²) in [5, 5.41) is 16.3. The molecular weight excluding hydrogens is 260 g/mol. The lowest BCUT2D eigenvalue weighted by Crippen LogP contribution is -2.26. The van der Waals surface area contributed by atoms with Crippen molar-refractivity contribution in [2.75, 3.05) is 33.0 Å². The number of nitro groups is 1. The molecule has 0 atom stereocenters. The van der Waals surface area contributed by atoms with Crippen molar-refractivity contribution in [1.29, 1.82) is 0 Å². The van der Waals surface area contributed by atoms with E-state index in [2.05, 4.69) is 10.6 Å². The van der Waals surface area contributed by atoms with E-state index in [-0.39, 0.29) is 11.6 Å². The Bertz CT molecular complexity index is 491. The maximum Gasteiger partial charge on any atom is 0.292 e. The van der Waals surface area contributed by atoms with Crippen LogP contribution in [-0.2, 0) is 11.3 Å². The molecule has 110 valence electrons. The third kappa shape index (κ3) is 4.51. The van der Waals surface area contributed by atoms with Gasteiger partial charge >= 0.3 is 0 Å². The quantitative estimate of drug-likeness (QED) is 0.579. The average Bonchev–Trinajstić information content (AvgIpc) is 2.44. The number of benzene rings is 1. The largest absolute Gasteiger partial charge is 0.383 e. The summed E-state index contributed by atoms with van der Waals surface area (Å²) in [6, 6.07) is 5.09. The van der Waals surface area contributed by atoms with Gasteiger partial charge in [-0.1, -0.05) is 6.07 Å². The van der Waals surface area contributed by atoms with Gasteiger partial charge < -0.3 is 15.5 Å². The van der Waals surface area contributed by atoms with Crippen molar-refractivity contribution in [1.82, 2.24) is 10.2 Å². The van der Waals surface area contributed by atoms with E-state index in [0.717, 1.165) is 5.56 Å². The Labute approximate surface area is 118 Å². The molecule has 0 aromatic heterocycles. The molecule has 1 rings (SSSR count). The van der Waals surface area contributed by atoms with Crippen LogP contribution in [0.15, 0.2) is 18.2 Å². The first-order chi connectivity index (χ1) is 9.47. The van der Waals surface area contributed by atoms with Crippen molar-refractivity contribution in [2.24, 2.45) is 0 Å². The smallest absolute Gasteiger partial charge is 0.292 e. The third-order valence-electron chi connectivity index (χ3n) is 2.98. The van der Waals surface area contributed by atoms with E-state index >= 15 is 0 Å². The number of nitrogens with one attached hydrogen (secondary N) is 2. The van der Waals surface area contributed by atoms with E-state index in [0.29, 0.717) is 25.2 Å². The van der Waals surface area contributed by atoms with Crippen LogP contribution in [0, 0.1) is 10.1 Å². The molecule has 1 aromatic carbocycles. The van der Waals surface area contributed by atoms with Crippen LogP contribution in [0.1, 0.15) is 12.0 Å². The van der Waals surface area contributed by atoms with E-state index in [4.69, 9.17) is 0 Å². The van der Waals surface area contributed by atoms with Gasteiger partial charge in [0.15, 0.2) is 0 Å². The van der Waals surface area contributed by atoms with Crippen molar-refractivity contribution in [3.8, 4) is 0 Å². The minimum atomic E-state index is -0.403. The molecule has 0 aliphatic rings. The van der Waals surface area contributed by atoms with Crippen molar-refractivity contribution in [3.05, 3.63) is 33.9 Å². The lowest BCUT2D eigenvalue weighted by atomic mass is 10.1. The zero-order chi connectivity index (χ0) is 15.1. The third-order valence-corrected chi connectivity index (χ3v) is 2.98. The second kappa shape index (κ2) is 7.44. The van der Waals surface area contributed by atoms with Gasteiger partial charge in [0.2, 0.25) is 5.91 Å². The molecule has 1 amide bonds. The van der Waals surface area contributed by atoms with Gasteiger partial charge in [0, 0.05) is 39.7 Å². The Morgan fingerprint density at radius 2 is 2.10 bits per heavy atom. The highest BCUT2D eigenvalue weighted by Gasteiger charge is 2.14. The number of anilines is 1. The molecule has 0 heterocycles. The summed E-state index contributed by atoms with van der Waals surface area (Å²) in [6.45, 7) is 1.16. The SMILES string of the molecule is CNC(=O)CCN(C)Cc1ccc(NC)c([N+](=O)[O-])c1. The van der Waals surface area contributed by atoms with Crippen molar-refractivity contribution >= 4 is 17.3 Å². The molecular formula is C13H20N4O3. The van der Waals surface area contributed by atoms with Gasteiger partial charge in [-0.25, -0.2) is 0 Å². The summed E-state index contributed by atoms with van der Waals surface area (Å²) in [5.41, 5.74) is 1.39. The molecule has 0 bridgehead atoms. The van der Waals surface area contributed by atoms with E-state index < -0.39 is 4.92 Å². The minimum Gasteiger partial charge on any atom is -0.383 e. The maximum absolute atomic E-state index is 11.2. The highest BCUT2D eigenvalue weighted by molar-refractivity contribution is 5.75. The standard InChI is InChI=1S/C13H20N4O3/c1-14-11-5-4-10(8-12(11)17(19)20)9-16(3)7-6-13(18)15-2/h4-5,8,14H,6-7,9H2,1-3H3,(H,15,18). The molecule has 0 aliphatic carbocycles. The fraction of sp³-hybridized carbons (Fsp3) is 0.462. The molecule has 0 unspecified atom stereocenters. The number of hydrogen-bond acceptors (Lipinski definition) is 5.